The molecule has 1 saturated heterocycles. The monoisotopic (exact) mass is 462 g/mol. The molecule has 1 aromatic rings. The van der Waals surface area contributed by atoms with E-state index in [1.807, 2.05) is 39.8 Å². The molecule has 2 rings (SSSR count). The largest absolute Gasteiger partial charge is 0.492 e. The third-order valence-corrected chi connectivity index (χ3v) is 5.60. The van der Waals surface area contributed by atoms with Crippen LogP contribution in [-0.2, 0) is 9.53 Å². The molecule has 0 radical (unpaired) electrons. The lowest BCUT2D eigenvalue weighted by atomic mass is 9.92. The first kappa shape index (κ1) is 29.1. The molecule has 188 valence electrons. The number of rotatable bonds is 8. The van der Waals surface area contributed by atoms with E-state index in [0.29, 0.717) is 24.0 Å². The molecule has 1 aliphatic rings. The zero-order valence-corrected chi connectivity index (χ0v) is 22.2. The fourth-order valence-electron chi connectivity index (χ4n) is 3.32. The Balaban J connectivity index is 0.000000675. The number of aldehydes is 1. The topological polar surface area (TPSA) is 59.1 Å². The van der Waals surface area contributed by atoms with Gasteiger partial charge in [-0.05, 0) is 54.5 Å². The molecule has 6 nitrogen and oxygen atoms in total. The molecule has 1 fully saturated rings. The molecule has 0 spiro atoms. The Labute approximate surface area is 201 Å². The minimum Gasteiger partial charge on any atom is -0.492 e. The van der Waals surface area contributed by atoms with E-state index < -0.39 is 0 Å². The standard InChI is InChI=1S/C21H34N2O3.C6H12O/c1-17-16-18(20(24)25-5)6-7-19(17)26-15-14-23-12-10-22(11-13-23)9-8-21(2,3)4;1-6(2,3)4-5-7/h6-7,16H,8-15H2,1-5H3;5H,4H2,1-3H3. The van der Waals surface area contributed by atoms with Crippen LogP contribution in [-0.4, -0.2) is 75.0 Å². The average Bonchev–Trinajstić information content (AvgIpc) is 2.72. The number of nitrogens with zero attached hydrogens (tertiary/aromatic N) is 2. The minimum absolute atomic E-state index is 0.182. The van der Waals surface area contributed by atoms with Gasteiger partial charge >= 0.3 is 5.97 Å². The summed E-state index contributed by atoms with van der Waals surface area (Å²) in [5.74, 6) is 0.519. The van der Waals surface area contributed by atoms with Crippen LogP contribution in [0.15, 0.2) is 18.2 Å². The van der Waals surface area contributed by atoms with E-state index in [-0.39, 0.29) is 11.4 Å². The zero-order chi connectivity index (χ0) is 25.1. The Hall–Kier alpha value is -1.92. The van der Waals surface area contributed by atoms with Gasteiger partial charge in [-0.1, -0.05) is 41.5 Å². The normalized spacial score (nSPS) is 15.4. The summed E-state index contributed by atoms with van der Waals surface area (Å²) < 4.78 is 10.7. The van der Waals surface area contributed by atoms with Crippen LogP contribution in [0.25, 0.3) is 0 Å². The number of benzene rings is 1. The lowest BCUT2D eigenvalue weighted by Gasteiger charge is -2.35. The van der Waals surface area contributed by atoms with E-state index in [4.69, 9.17) is 9.47 Å². The van der Waals surface area contributed by atoms with E-state index >= 15 is 0 Å². The first-order valence-electron chi connectivity index (χ1n) is 12.0. The zero-order valence-electron chi connectivity index (χ0n) is 22.2. The second kappa shape index (κ2) is 13.7. The molecular weight excluding hydrogens is 416 g/mol. The smallest absolute Gasteiger partial charge is 0.337 e. The summed E-state index contributed by atoms with van der Waals surface area (Å²) in [5.41, 5.74) is 2.11. The number of methoxy groups -OCH3 is 1. The molecule has 0 atom stereocenters. The van der Waals surface area contributed by atoms with Crippen molar-refractivity contribution >= 4 is 12.3 Å². The van der Waals surface area contributed by atoms with Crippen LogP contribution < -0.4 is 4.74 Å². The minimum atomic E-state index is -0.316. The van der Waals surface area contributed by atoms with Crippen molar-refractivity contribution in [2.24, 2.45) is 10.8 Å². The van der Waals surface area contributed by atoms with Gasteiger partial charge in [0.05, 0.1) is 12.7 Å². The third-order valence-electron chi connectivity index (χ3n) is 5.60. The molecule has 0 aliphatic carbocycles. The summed E-state index contributed by atoms with van der Waals surface area (Å²) in [6, 6.07) is 5.42. The highest BCUT2D eigenvalue weighted by atomic mass is 16.5. The van der Waals surface area contributed by atoms with Crippen molar-refractivity contribution in [3.05, 3.63) is 29.3 Å². The van der Waals surface area contributed by atoms with Crippen molar-refractivity contribution in [2.75, 3.05) is 53.0 Å². The Kier molecular flexibility index (Phi) is 12.1. The summed E-state index contributed by atoms with van der Waals surface area (Å²) in [5, 5.41) is 0. The maximum atomic E-state index is 11.6. The molecule has 1 heterocycles. The number of carbonyl (C=O) groups excluding carboxylic acids is 2. The molecule has 0 amide bonds. The van der Waals surface area contributed by atoms with E-state index in [2.05, 4.69) is 30.6 Å². The number of hydrogen-bond donors (Lipinski definition) is 0. The quantitative estimate of drug-likeness (QED) is 0.407. The Morgan fingerprint density at radius 2 is 1.55 bits per heavy atom. The van der Waals surface area contributed by atoms with Gasteiger partial charge in [-0.3, -0.25) is 4.90 Å². The number of piperazine rings is 1. The molecular formula is C27H46N2O4. The van der Waals surface area contributed by atoms with E-state index in [1.165, 1.54) is 20.1 Å². The first-order chi connectivity index (χ1) is 15.3. The number of esters is 1. The van der Waals surface area contributed by atoms with Crippen molar-refractivity contribution in [2.45, 2.75) is 61.3 Å². The Morgan fingerprint density at radius 3 is 1.97 bits per heavy atom. The lowest BCUT2D eigenvalue weighted by molar-refractivity contribution is -0.109. The highest BCUT2D eigenvalue weighted by Gasteiger charge is 2.19. The SMILES string of the molecule is CC(C)(C)CC=O.COC(=O)c1ccc(OCCN2CCN(CCC(C)(C)C)CC2)c(C)c1. The highest BCUT2D eigenvalue weighted by Crippen LogP contribution is 2.21. The van der Waals surface area contributed by atoms with Gasteiger partial charge < -0.3 is 19.2 Å². The van der Waals surface area contributed by atoms with Crippen LogP contribution in [0.2, 0.25) is 0 Å². The van der Waals surface area contributed by atoms with Crippen molar-refractivity contribution in [3.63, 3.8) is 0 Å². The fraction of sp³-hybridized carbons (Fsp3) is 0.704. The second-order valence-corrected chi connectivity index (χ2v) is 11.2. The second-order valence-electron chi connectivity index (χ2n) is 11.2. The van der Waals surface area contributed by atoms with Crippen molar-refractivity contribution in [1.82, 2.24) is 9.80 Å². The van der Waals surface area contributed by atoms with Gasteiger partial charge in [-0.2, -0.15) is 0 Å². The fourth-order valence-corrected chi connectivity index (χ4v) is 3.32. The predicted molar refractivity (Wildman–Crippen MR) is 135 cm³/mol. The maximum Gasteiger partial charge on any atom is 0.337 e. The van der Waals surface area contributed by atoms with Crippen LogP contribution in [0.5, 0.6) is 5.75 Å². The predicted octanol–water partition coefficient (Wildman–Crippen LogP) is 4.84. The van der Waals surface area contributed by atoms with Crippen LogP contribution in [0.1, 0.15) is 70.3 Å². The summed E-state index contributed by atoms with van der Waals surface area (Å²) >= 11 is 0. The summed E-state index contributed by atoms with van der Waals surface area (Å²) in [7, 11) is 1.39. The Morgan fingerprint density at radius 1 is 0.970 bits per heavy atom. The van der Waals surface area contributed by atoms with Gasteiger partial charge in [0, 0.05) is 39.1 Å². The number of carbonyl (C=O) groups is 2. The lowest BCUT2D eigenvalue weighted by Crippen LogP contribution is -2.48. The van der Waals surface area contributed by atoms with E-state index in [1.54, 1.807) is 6.07 Å². The van der Waals surface area contributed by atoms with Crippen molar-refractivity contribution in [1.29, 1.82) is 0 Å². The summed E-state index contributed by atoms with van der Waals surface area (Å²) in [4.78, 5) is 26.4. The molecule has 0 bridgehead atoms. The average molecular weight is 463 g/mol. The Bertz CT molecular complexity index is 727. The number of hydrogen-bond acceptors (Lipinski definition) is 6. The third kappa shape index (κ3) is 12.8. The maximum absolute atomic E-state index is 11.6. The highest BCUT2D eigenvalue weighted by molar-refractivity contribution is 5.89. The molecule has 0 aromatic heterocycles. The van der Waals surface area contributed by atoms with Gasteiger partial charge in [-0.15, -0.1) is 0 Å². The van der Waals surface area contributed by atoms with Gasteiger partial charge in [0.15, 0.2) is 0 Å². The number of ether oxygens (including phenoxy) is 2. The molecule has 6 heteroatoms. The molecule has 33 heavy (non-hydrogen) atoms. The van der Waals surface area contributed by atoms with Crippen LogP contribution >= 0.6 is 0 Å². The van der Waals surface area contributed by atoms with E-state index in [9.17, 15) is 9.59 Å². The van der Waals surface area contributed by atoms with Crippen LogP contribution in [0.3, 0.4) is 0 Å². The van der Waals surface area contributed by atoms with E-state index in [0.717, 1.165) is 50.3 Å². The van der Waals surface area contributed by atoms with Gasteiger partial charge in [0.2, 0.25) is 0 Å². The molecule has 0 unspecified atom stereocenters. The molecule has 1 aliphatic heterocycles. The van der Waals surface area contributed by atoms with Crippen LogP contribution in [0.4, 0.5) is 0 Å². The number of aryl methyl sites for hydroxylation is 1. The van der Waals surface area contributed by atoms with Gasteiger partial charge in [-0.25, -0.2) is 4.79 Å². The summed E-state index contributed by atoms with van der Waals surface area (Å²) in [6.45, 7) is 22.3. The van der Waals surface area contributed by atoms with Crippen molar-refractivity contribution in [3.8, 4) is 5.75 Å². The van der Waals surface area contributed by atoms with Crippen LogP contribution in [0, 0.1) is 17.8 Å². The molecule has 0 saturated carbocycles. The first-order valence-corrected chi connectivity index (χ1v) is 12.0. The van der Waals surface area contributed by atoms with Crippen molar-refractivity contribution < 1.29 is 19.1 Å². The molecule has 1 aromatic carbocycles. The summed E-state index contributed by atoms with van der Waals surface area (Å²) in [6.07, 6.45) is 2.87. The van der Waals surface area contributed by atoms with Gasteiger partial charge in [0.25, 0.3) is 0 Å². The van der Waals surface area contributed by atoms with Gasteiger partial charge in [0.1, 0.15) is 18.6 Å². The molecule has 0 N–H and O–H groups in total.